The minimum atomic E-state index is -0.723. The summed E-state index contributed by atoms with van der Waals surface area (Å²) in [4.78, 5) is 55.8. The molecule has 0 saturated carbocycles. The summed E-state index contributed by atoms with van der Waals surface area (Å²) in [5.41, 5.74) is 3.66. The van der Waals surface area contributed by atoms with Gasteiger partial charge in [0.25, 0.3) is 5.56 Å². The number of H-pyrrole nitrogens is 1. The van der Waals surface area contributed by atoms with Crippen LogP contribution < -0.4 is 22.4 Å². The van der Waals surface area contributed by atoms with Gasteiger partial charge in [-0.25, -0.2) is 0 Å². The average molecular weight is 681 g/mol. The van der Waals surface area contributed by atoms with Crippen LogP contribution in [0.4, 0.5) is 17.1 Å². The average Bonchev–Trinajstić information content (AvgIpc) is 3.81. The van der Waals surface area contributed by atoms with Crippen molar-refractivity contribution in [2.45, 2.75) is 36.2 Å². The predicted molar refractivity (Wildman–Crippen MR) is 163 cm³/mol. The largest absolute Gasteiger partial charge is 0.394 e. The molecule has 3 fully saturated rings. The number of hydrogen-bond acceptors (Lipinski definition) is 11. The van der Waals surface area contributed by atoms with Gasteiger partial charge in [-0.2, -0.15) is 0 Å². The number of nitro groups is 2. The number of aromatic nitrogens is 3. The molecule has 3 aliphatic rings. The van der Waals surface area contributed by atoms with Crippen LogP contribution in [0.2, 0.25) is 0 Å². The molecule has 16 nitrogen and oxygen atoms in total. The van der Waals surface area contributed by atoms with Crippen molar-refractivity contribution in [2.75, 3.05) is 45.4 Å². The number of pyridine rings is 3. The lowest BCUT2D eigenvalue weighted by Crippen LogP contribution is -2.26. The van der Waals surface area contributed by atoms with Gasteiger partial charge < -0.3 is 34.1 Å². The quantitative estimate of drug-likeness (QED) is 0.232. The molecule has 3 aromatic heterocycles. The highest BCUT2D eigenvalue weighted by atomic mass is 79.9. The number of alkyl halides is 1. The highest BCUT2D eigenvalue weighted by Crippen LogP contribution is 2.18. The maximum absolute atomic E-state index is 11.7. The van der Waals surface area contributed by atoms with E-state index in [1.165, 1.54) is 35.4 Å². The lowest BCUT2D eigenvalue weighted by molar-refractivity contribution is -0.386. The first-order chi connectivity index (χ1) is 21.1. The summed E-state index contributed by atoms with van der Waals surface area (Å²) in [6, 6.07) is 8.78. The van der Waals surface area contributed by atoms with Crippen LogP contribution >= 0.6 is 15.9 Å². The van der Waals surface area contributed by atoms with Crippen molar-refractivity contribution in [3.05, 3.63) is 106 Å². The third kappa shape index (κ3) is 9.94. The Balaban J connectivity index is 0.000000167. The molecule has 0 radical (unpaired) electrons. The number of aromatic amines is 1. The third-order valence-electron chi connectivity index (χ3n) is 6.62. The van der Waals surface area contributed by atoms with E-state index >= 15 is 0 Å². The minimum absolute atomic E-state index is 0.0719. The summed E-state index contributed by atoms with van der Waals surface area (Å²) in [5.74, 6) is 0. The molecule has 17 heteroatoms. The smallest absolute Gasteiger partial charge is 0.334 e. The molecule has 0 bridgehead atoms. The molecule has 3 aromatic rings. The van der Waals surface area contributed by atoms with E-state index in [0.29, 0.717) is 30.3 Å². The summed E-state index contributed by atoms with van der Waals surface area (Å²) in [6.45, 7) is 4.23. The number of hydrogen-bond donors (Lipinski definition) is 2. The summed E-state index contributed by atoms with van der Waals surface area (Å²) < 4.78 is 18.4. The van der Waals surface area contributed by atoms with Gasteiger partial charge in [-0.05, 0) is 43.5 Å². The normalized spacial score (nSPS) is 20.2. The third-order valence-corrected chi connectivity index (χ3v) is 7.34. The van der Waals surface area contributed by atoms with Gasteiger partial charge in [-0.3, -0.25) is 34.6 Å². The maximum atomic E-state index is 11.7. The van der Waals surface area contributed by atoms with Crippen LogP contribution in [0, 0.1) is 20.2 Å². The van der Waals surface area contributed by atoms with Gasteiger partial charge in [0.15, 0.2) is 0 Å². The number of halogens is 1. The van der Waals surface area contributed by atoms with Gasteiger partial charge in [0, 0.05) is 55.4 Å². The van der Waals surface area contributed by atoms with Crippen LogP contribution in [0.25, 0.3) is 0 Å². The van der Waals surface area contributed by atoms with Gasteiger partial charge in [0.1, 0.15) is 0 Å². The highest BCUT2D eigenvalue weighted by molar-refractivity contribution is 9.09. The van der Waals surface area contributed by atoms with Gasteiger partial charge in [-0.1, -0.05) is 15.9 Å². The highest BCUT2D eigenvalue weighted by Gasteiger charge is 2.22. The fourth-order valence-corrected chi connectivity index (χ4v) is 4.66. The molecule has 0 aliphatic carbocycles. The summed E-state index contributed by atoms with van der Waals surface area (Å²) in [7, 11) is 0. The zero-order chi connectivity index (χ0) is 32.1. The van der Waals surface area contributed by atoms with E-state index in [2.05, 4.69) is 20.9 Å². The molecule has 238 valence electrons. The van der Waals surface area contributed by atoms with Crippen LogP contribution in [0.15, 0.2) is 69.4 Å². The van der Waals surface area contributed by atoms with Crippen molar-refractivity contribution < 1.29 is 24.1 Å². The Kier molecular flexibility index (Phi) is 13.4. The van der Waals surface area contributed by atoms with Crippen molar-refractivity contribution in [1.82, 2.24) is 14.1 Å². The number of rotatable bonds is 4. The Bertz CT molecular complexity index is 1560. The second-order valence-corrected chi connectivity index (χ2v) is 11.0. The number of nitrogens with two attached hydrogens (primary N) is 1. The lowest BCUT2D eigenvalue weighted by Gasteiger charge is -2.11. The molecular weight excluding hydrogens is 648 g/mol. The molecule has 0 aromatic carbocycles. The minimum Gasteiger partial charge on any atom is -0.394 e. The molecule has 6 heterocycles. The monoisotopic (exact) mass is 680 g/mol. The van der Waals surface area contributed by atoms with E-state index < -0.39 is 26.7 Å². The molecular formula is C27H33BrN6O10. The number of nitrogens with zero attached hydrogens (tertiary/aromatic N) is 4. The Labute approximate surface area is 258 Å². The summed E-state index contributed by atoms with van der Waals surface area (Å²) in [5, 5.41) is 20.6. The van der Waals surface area contributed by atoms with Gasteiger partial charge in [0.2, 0.25) is 0 Å². The van der Waals surface area contributed by atoms with Crippen LogP contribution in [0.1, 0.15) is 31.3 Å². The second-order valence-electron chi connectivity index (χ2n) is 9.68. The molecule has 3 atom stereocenters. The van der Waals surface area contributed by atoms with Gasteiger partial charge in [0.05, 0.1) is 47.4 Å². The first kappa shape index (κ1) is 34.3. The van der Waals surface area contributed by atoms with E-state index in [1.807, 2.05) is 0 Å². The van der Waals surface area contributed by atoms with Crippen molar-refractivity contribution in [1.29, 1.82) is 0 Å². The Morgan fingerprint density at radius 3 is 1.73 bits per heavy atom. The number of nitrogens with one attached hydrogen (secondary N) is 1. The molecule has 6 rings (SSSR count). The van der Waals surface area contributed by atoms with E-state index in [0.717, 1.165) is 38.7 Å². The number of anilines is 1. The SMILES string of the molecule is BrC1CCOC1.Nc1cccn(C2CCOC2)c1=O.O=c1[nH]cccc1[N+](=O)[O-].O=c1c([N+](=O)[O-])cccn1C1CCOC1. The lowest BCUT2D eigenvalue weighted by atomic mass is 10.2. The van der Waals surface area contributed by atoms with E-state index in [9.17, 15) is 34.6 Å². The first-order valence-corrected chi connectivity index (χ1v) is 14.5. The predicted octanol–water partition coefficient (Wildman–Crippen LogP) is 2.56. The maximum Gasteiger partial charge on any atom is 0.334 e. The molecule has 3 saturated heterocycles. The van der Waals surface area contributed by atoms with Crippen LogP contribution in [-0.4, -0.2) is 68.4 Å². The molecule has 3 aliphatic heterocycles. The summed E-state index contributed by atoms with van der Waals surface area (Å²) >= 11 is 3.41. The Morgan fingerprint density at radius 2 is 1.30 bits per heavy atom. The number of nitrogen functional groups attached to an aromatic ring is 1. The fraction of sp³-hybridized carbons (Fsp3) is 0.444. The molecule has 0 amide bonds. The second kappa shape index (κ2) is 17.2. The van der Waals surface area contributed by atoms with Gasteiger partial charge >= 0.3 is 22.5 Å². The molecule has 3 N–H and O–H groups in total. The molecule has 3 unspecified atom stereocenters. The zero-order valence-corrected chi connectivity index (χ0v) is 25.2. The first-order valence-electron chi connectivity index (χ1n) is 13.6. The van der Waals surface area contributed by atoms with Crippen LogP contribution in [-0.2, 0) is 14.2 Å². The Hall–Kier alpha value is -4.19. The number of ether oxygens (including phenoxy) is 3. The standard InChI is InChI=1S/C9H10N2O4.C9H12N2O2.C5H4N2O3.C4H7BrO/c12-9-8(11(13)14)2-1-4-10(9)7-3-5-15-6-7;10-8-2-1-4-11(9(8)12)7-3-5-13-6-7;8-5-4(7(9)10)2-1-3-6-5;5-4-1-2-6-3-4/h1-2,4,7H,3,5-6H2;1-2,4,7H,3,5-6,10H2;1-3H,(H,6,8);4H,1-3H2. The van der Waals surface area contributed by atoms with Crippen LogP contribution in [0.3, 0.4) is 0 Å². The molecule has 0 spiro atoms. The fourth-order valence-electron chi connectivity index (χ4n) is 4.28. The molecule has 44 heavy (non-hydrogen) atoms. The van der Waals surface area contributed by atoms with E-state index in [1.54, 1.807) is 29.1 Å². The zero-order valence-electron chi connectivity index (χ0n) is 23.6. The topological polar surface area (TPSA) is 217 Å². The summed E-state index contributed by atoms with van der Waals surface area (Å²) in [6.07, 6.45) is 7.46. The van der Waals surface area contributed by atoms with Crippen LogP contribution in [0.5, 0.6) is 0 Å². The van der Waals surface area contributed by atoms with E-state index in [-0.39, 0.29) is 23.3 Å². The van der Waals surface area contributed by atoms with Crippen molar-refractivity contribution in [2.24, 2.45) is 0 Å². The van der Waals surface area contributed by atoms with Crippen molar-refractivity contribution >= 4 is 33.0 Å². The van der Waals surface area contributed by atoms with Crippen molar-refractivity contribution in [3.63, 3.8) is 0 Å². The van der Waals surface area contributed by atoms with Gasteiger partial charge in [-0.15, -0.1) is 0 Å². The Morgan fingerprint density at radius 1 is 0.773 bits per heavy atom. The van der Waals surface area contributed by atoms with Crippen molar-refractivity contribution in [3.8, 4) is 0 Å². The van der Waals surface area contributed by atoms with E-state index in [4.69, 9.17) is 19.9 Å².